The Morgan fingerprint density at radius 3 is 2.65 bits per heavy atom. The van der Waals surface area contributed by atoms with Crippen LogP contribution in [0.1, 0.15) is 22.3 Å². The minimum absolute atomic E-state index is 0.0773. The molecular weight excluding hydrogens is 328 g/mol. The van der Waals surface area contributed by atoms with Gasteiger partial charge in [-0.25, -0.2) is 0 Å². The number of aliphatic hydroxyl groups excluding tert-OH is 1. The molecule has 0 aliphatic carbocycles. The molecular formula is C20H22N4O2. The minimum atomic E-state index is -0.542. The number of likely N-dealkylation sites (N-methyl/N-ethyl adjacent to an activating group) is 1. The number of carbonyl (C=O) groups is 1. The lowest BCUT2D eigenvalue weighted by molar-refractivity contribution is 0.00607. The van der Waals surface area contributed by atoms with E-state index in [1.54, 1.807) is 35.4 Å². The molecule has 1 amide bonds. The van der Waals surface area contributed by atoms with Gasteiger partial charge in [-0.3, -0.25) is 9.78 Å². The molecule has 0 spiro atoms. The molecule has 6 nitrogen and oxygen atoms in total. The van der Waals surface area contributed by atoms with E-state index in [2.05, 4.69) is 11.1 Å². The van der Waals surface area contributed by atoms with Crippen LogP contribution in [-0.2, 0) is 0 Å². The predicted molar refractivity (Wildman–Crippen MR) is 98.4 cm³/mol. The summed E-state index contributed by atoms with van der Waals surface area (Å²) in [4.78, 5) is 20.7. The van der Waals surface area contributed by atoms with Crippen LogP contribution in [0.3, 0.4) is 0 Å². The van der Waals surface area contributed by atoms with E-state index in [-0.39, 0.29) is 11.9 Å². The van der Waals surface area contributed by atoms with E-state index in [0.29, 0.717) is 29.9 Å². The van der Waals surface area contributed by atoms with Gasteiger partial charge in [0, 0.05) is 36.5 Å². The number of hydrogen-bond donors (Lipinski definition) is 1. The molecule has 0 radical (unpaired) electrons. The van der Waals surface area contributed by atoms with Crippen molar-refractivity contribution in [2.24, 2.45) is 0 Å². The first-order chi connectivity index (χ1) is 12.5. The maximum absolute atomic E-state index is 12.7. The number of β-amino-alcohol motifs (C(OH)–C–C–N with tert-alkyl or cyclic N) is 1. The maximum atomic E-state index is 12.7. The van der Waals surface area contributed by atoms with Crippen molar-refractivity contribution in [3.63, 3.8) is 0 Å². The molecule has 6 heteroatoms. The number of pyridine rings is 1. The summed E-state index contributed by atoms with van der Waals surface area (Å²) in [6.45, 7) is 0.974. The molecule has 26 heavy (non-hydrogen) atoms. The van der Waals surface area contributed by atoms with E-state index in [1.165, 1.54) is 0 Å². The average molecular weight is 350 g/mol. The molecule has 3 rings (SSSR count). The summed E-state index contributed by atoms with van der Waals surface area (Å²) in [6.07, 6.45) is 1.81. The third-order valence-electron chi connectivity index (χ3n) is 4.81. The number of aromatic nitrogens is 1. The number of rotatable bonds is 3. The fraction of sp³-hybridized carbons (Fsp3) is 0.350. The monoisotopic (exact) mass is 350 g/mol. The zero-order valence-corrected chi connectivity index (χ0v) is 15.0. The van der Waals surface area contributed by atoms with Crippen molar-refractivity contribution in [2.75, 3.05) is 27.2 Å². The molecule has 1 saturated heterocycles. The fourth-order valence-corrected chi connectivity index (χ4v) is 3.33. The molecule has 2 aromatic rings. The number of carbonyl (C=O) groups excluding carboxylic acids is 1. The molecule has 2 atom stereocenters. The van der Waals surface area contributed by atoms with Gasteiger partial charge in [0.2, 0.25) is 0 Å². The fourth-order valence-electron chi connectivity index (χ4n) is 3.33. The highest BCUT2D eigenvalue weighted by Crippen LogP contribution is 2.21. The van der Waals surface area contributed by atoms with Gasteiger partial charge < -0.3 is 14.9 Å². The van der Waals surface area contributed by atoms with Crippen molar-refractivity contribution in [2.45, 2.75) is 18.6 Å². The standard InChI is InChI=1S/C20H22N4O2/c1-23(2)18-8-10-24(13-19(18)25)20(26)16-5-3-15(4-6-16)17-11-14(12-21)7-9-22-17/h3-7,9,11,18-19,25H,8,10,13H2,1-2H3/t18-,19-/m0/s1. The van der Waals surface area contributed by atoms with Crippen LogP contribution in [0.4, 0.5) is 0 Å². The zero-order valence-electron chi connectivity index (χ0n) is 15.0. The molecule has 1 aliphatic rings. The number of aliphatic hydroxyl groups is 1. The lowest BCUT2D eigenvalue weighted by atomic mass is 9.99. The number of likely N-dealkylation sites (tertiary alicyclic amines) is 1. The van der Waals surface area contributed by atoms with Gasteiger partial charge in [0.1, 0.15) is 0 Å². The highest BCUT2D eigenvalue weighted by molar-refractivity contribution is 5.94. The van der Waals surface area contributed by atoms with E-state index in [4.69, 9.17) is 5.26 Å². The Morgan fingerprint density at radius 1 is 1.31 bits per heavy atom. The van der Waals surface area contributed by atoms with Crippen LogP contribution in [0, 0.1) is 11.3 Å². The predicted octanol–water partition coefficient (Wildman–Crippen LogP) is 1.76. The Hall–Kier alpha value is -2.75. The minimum Gasteiger partial charge on any atom is -0.390 e. The van der Waals surface area contributed by atoms with Gasteiger partial charge in [0.25, 0.3) is 5.91 Å². The van der Waals surface area contributed by atoms with Gasteiger partial charge in [0.05, 0.1) is 23.4 Å². The van der Waals surface area contributed by atoms with Crippen molar-refractivity contribution >= 4 is 5.91 Å². The first-order valence-electron chi connectivity index (χ1n) is 8.60. The van der Waals surface area contributed by atoms with Crippen molar-refractivity contribution < 1.29 is 9.90 Å². The third-order valence-corrected chi connectivity index (χ3v) is 4.81. The Balaban J connectivity index is 1.72. The molecule has 0 unspecified atom stereocenters. The summed E-state index contributed by atoms with van der Waals surface area (Å²) < 4.78 is 0. The molecule has 1 aromatic heterocycles. The summed E-state index contributed by atoms with van der Waals surface area (Å²) in [6, 6.07) is 12.8. The topological polar surface area (TPSA) is 80.5 Å². The SMILES string of the molecule is CN(C)[C@H]1CCN(C(=O)c2ccc(-c3cc(C#N)ccn3)cc2)C[C@@H]1O. The molecule has 1 N–H and O–H groups in total. The van der Waals surface area contributed by atoms with Crippen LogP contribution in [0.25, 0.3) is 11.3 Å². The molecule has 0 bridgehead atoms. The second-order valence-corrected chi connectivity index (χ2v) is 6.76. The van der Waals surface area contributed by atoms with Gasteiger partial charge in [-0.1, -0.05) is 12.1 Å². The largest absolute Gasteiger partial charge is 0.390 e. The molecule has 134 valence electrons. The summed E-state index contributed by atoms with van der Waals surface area (Å²) in [7, 11) is 3.89. The number of piperidine rings is 1. The lowest BCUT2D eigenvalue weighted by Gasteiger charge is -2.39. The Kier molecular flexibility index (Phi) is 5.31. The van der Waals surface area contributed by atoms with Gasteiger partial charge in [-0.2, -0.15) is 5.26 Å². The van der Waals surface area contributed by atoms with Crippen molar-refractivity contribution in [3.05, 3.63) is 53.7 Å². The smallest absolute Gasteiger partial charge is 0.253 e. The van der Waals surface area contributed by atoms with E-state index in [0.717, 1.165) is 12.0 Å². The normalized spacial score (nSPS) is 20.0. The first-order valence-corrected chi connectivity index (χ1v) is 8.60. The second-order valence-electron chi connectivity index (χ2n) is 6.76. The second kappa shape index (κ2) is 7.65. The van der Waals surface area contributed by atoms with Crippen LogP contribution in [0.15, 0.2) is 42.6 Å². The molecule has 1 aromatic carbocycles. The number of benzene rings is 1. The lowest BCUT2D eigenvalue weighted by Crippen LogP contribution is -2.53. The molecule has 1 fully saturated rings. The Morgan fingerprint density at radius 2 is 2.04 bits per heavy atom. The van der Waals surface area contributed by atoms with E-state index in [9.17, 15) is 9.90 Å². The molecule has 0 saturated carbocycles. The van der Waals surface area contributed by atoms with Crippen LogP contribution in [-0.4, -0.2) is 65.1 Å². The third kappa shape index (κ3) is 3.74. The zero-order chi connectivity index (χ0) is 18.7. The van der Waals surface area contributed by atoms with E-state index in [1.807, 2.05) is 31.1 Å². The maximum Gasteiger partial charge on any atom is 0.253 e. The molecule has 2 heterocycles. The Labute approximate surface area is 153 Å². The number of hydrogen-bond acceptors (Lipinski definition) is 5. The number of nitrogens with zero attached hydrogens (tertiary/aromatic N) is 4. The average Bonchev–Trinajstić information content (AvgIpc) is 2.67. The number of amides is 1. The van der Waals surface area contributed by atoms with Crippen molar-refractivity contribution in [1.82, 2.24) is 14.8 Å². The van der Waals surface area contributed by atoms with Gasteiger partial charge in [-0.05, 0) is 44.8 Å². The summed E-state index contributed by atoms with van der Waals surface area (Å²) in [5, 5.41) is 19.3. The van der Waals surface area contributed by atoms with Gasteiger partial charge >= 0.3 is 0 Å². The summed E-state index contributed by atoms with van der Waals surface area (Å²) >= 11 is 0. The van der Waals surface area contributed by atoms with Crippen LogP contribution >= 0.6 is 0 Å². The van der Waals surface area contributed by atoms with Crippen molar-refractivity contribution in [1.29, 1.82) is 5.26 Å². The summed E-state index contributed by atoms with van der Waals surface area (Å²) in [5.74, 6) is -0.0773. The molecule has 1 aliphatic heterocycles. The summed E-state index contributed by atoms with van der Waals surface area (Å²) in [5.41, 5.74) is 2.68. The van der Waals surface area contributed by atoms with Crippen molar-refractivity contribution in [3.8, 4) is 17.3 Å². The highest BCUT2D eigenvalue weighted by Gasteiger charge is 2.31. The number of nitriles is 1. The first kappa shape index (κ1) is 18.1. The van der Waals surface area contributed by atoms with E-state index >= 15 is 0 Å². The van der Waals surface area contributed by atoms with Gasteiger partial charge in [0.15, 0.2) is 0 Å². The Bertz CT molecular complexity index is 826. The van der Waals surface area contributed by atoms with Gasteiger partial charge in [-0.15, -0.1) is 0 Å². The highest BCUT2D eigenvalue weighted by atomic mass is 16.3. The van der Waals surface area contributed by atoms with Crippen LogP contribution < -0.4 is 0 Å². The van der Waals surface area contributed by atoms with Crippen LogP contribution in [0.5, 0.6) is 0 Å². The van der Waals surface area contributed by atoms with E-state index < -0.39 is 6.10 Å². The van der Waals surface area contributed by atoms with Crippen LogP contribution in [0.2, 0.25) is 0 Å². The quantitative estimate of drug-likeness (QED) is 0.912.